The van der Waals surface area contributed by atoms with Gasteiger partial charge in [0, 0.05) is 17.1 Å². The third-order valence-corrected chi connectivity index (χ3v) is 8.11. The number of benzene rings is 2. The van der Waals surface area contributed by atoms with Crippen LogP contribution in [0.25, 0.3) is 15.9 Å². The molecule has 33 heavy (non-hydrogen) atoms. The van der Waals surface area contributed by atoms with E-state index in [0.717, 1.165) is 43.9 Å². The fraction of sp³-hybridized carbons (Fsp3) is 0.308. The average molecular weight is 481 g/mol. The predicted molar refractivity (Wildman–Crippen MR) is 133 cm³/mol. The first-order chi connectivity index (χ1) is 15.9. The first kappa shape index (κ1) is 22.3. The van der Waals surface area contributed by atoms with Crippen LogP contribution in [0.1, 0.15) is 35.4 Å². The van der Waals surface area contributed by atoms with Crippen LogP contribution in [0.3, 0.4) is 0 Å². The van der Waals surface area contributed by atoms with E-state index in [1.54, 1.807) is 28.0 Å². The summed E-state index contributed by atoms with van der Waals surface area (Å²) in [6.45, 7) is 6.85. The Kier molecular flexibility index (Phi) is 6.12. The van der Waals surface area contributed by atoms with Crippen LogP contribution in [0.2, 0.25) is 0 Å². The molecular weight excluding hydrogens is 455 g/mol. The molecule has 0 N–H and O–H groups in total. The first-order valence-corrected chi connectivity index (χ1v) is 12.8. The van der Waals surface area contributed by atoms with Crippen LogP contribution in [0.15, 0.2) is 58.5 Å². The van der Waals surface area contributed by atoms with Crippen molar-refractivity contribution in [3.63, 3.8) is 0 Å². The fourth-order valence-corrected chi connectivity index (χ4v) is 6.29. The van der Waals surface area contributed by atoms with Crippen LogP contribution < -0.4 is 5.56 Å². The largest absolute Gasteiger partial charge is 0.372 e. The van der Waals surface area contributed by atoms with Crippen LogP contribution in [-0.4, -0.2) is 15.7 Å². The van der Waals surface area contributed by atoms with Crippen molar-refractivity contribution < 1.29 is 9.13 Å². The van der Waals surface area contributed by atoms with Crippen molar-refractivity contribution >= 4 is 33.3 Å². The van der Waals surface area contributed by atoms with Crippen molar-refractivity contribution in [1.29, 1.82) is 0 Å². The highest BCUT2D eigenvalue weighted by atomic mass is 32.2. The molecule has 0 saturated heterocycles. The van der Waals surface area contributed by atoms with E-state index in [4.69, 9.17) is 9.72 Å². The molecule has 0 radical (unpaired) electrons. The average Bonchev–Trinajstić information content (AvgIpc) is 3.16. The van der Waals surface area contributed by atoms with Gasteiger partial charge in [0.25, 0.3) is 5.56 Å². The van der Waals surface area contributed by atoms with Gasteiger partial charge in [-0.25, -0.2) is 9.37 Å². The Morgan fingerprint density at radius 2 is 2.03 bits per heavy atom. The van der Waals surface area contributed by atoms with Gasteiger partial charge in [-0.3, -0.25) is 9.36 Å². The van der Waals surface area contributed by atoms with Gasteiger partial charge in [-0.05, 0) is 53.8 Å². The summed E-state index contributed by atoms with van der Waals surface area (Å²) in [5, 5.41) is 1.36. The number of fused-ring (bicyclic) bond motifs is 3. The molecule has 4 aromatic rings. The van der Waals surface area contributed by atoms with Gasteiger partial charge in [0.1, 0.15) is 10.6 Å². The van der Waals surface area contributed by atoms with Gasteiger partial charge in [0.2, 0.25) is 0 Å². The molecule has 0 spiro atoms. The molecule has 5 rings (SSSR count). The lowest BCUT2D eigenvalue weighted by Gasteiger charge is -2.26. The van der Waals surface area contributed by atoms with Crippen LogP contribution in [0.4, 0.5) is 4.39 Å². The Balaban J connectivity index is 1.65. The highest BCUT2D eigenvalue weighted by Crippen LogP contribution is 2.36. The summed E-state index contributed by atoms with van der Waals surface area (Å²) in [6, 6.07) is 14.4. The van der Waals surface area contributed by atoms with Gasteiger partial charge in [0.15, 0.2) is 5.16 Å². The Morgan fingerprint density at radius 1 is 1.24 bits per heavy atom. The summed E-state index contributed by atoms with van der Waals surface area (Å²) >= 11 is 3.05. The summed E-state index contributed by atoms with van der Waals surface area (Å²) < 4.78 is 21.1. The van der Waals surface area contributed by atoms with E-state index >= 15 is 0 Å². The highest BCUT2D eigenvalue weighted by Gasteiger charge is 2.28. The summed E-state index contributed by atoms with van der Waals surface area (Å²) in [5.41, 5.74) is 3.92. The second kappa shape index (κ2) is 9.05. The van der Waals surface area contributed by atoms with Crippen molar-refractivity contribution in [1.82, 2.24) is 9.55 Å². The van der Waals surface area contributed by atoms with E-state index in [0.29, 0.717) is 23.4 Å². The molecule has 1 atom stereocenters. The SMILES string of the molecule is Cc1cccc(-n2c(SCc3ccc(F)cc3)nc3sc4c(c3c2=O)CC(C(C)C)OC4)c1. The monoisotopic (exact) mass is 480 g/mol. The highest BCUT2D eigenvalue weighted by molar-refractivity contribution is 7.98. The Hall–Kier alpha value is -2.48. The van der Waals surface area contributed by atoms with Gasteiger partial charge in [-0.1, -0.05) is 49.9 Å². The third kappa shape index (κ3) is 4.37. The summed E-state index contributed by atoms with van der Waals surface area (Å²) in [4.78, 5) is 20.8. The van der Waals surface area contributed by atoms with Gasteiger partial charge in [-0.15, -0.1) is 11.3 Å². The molecule has 0 fully saturated rings. The minimum absolute atomic E-state index is 0.0332. The van der Waals surface area contributed by atoms with E-state index in [2.05, 4.69) is 13.8 Å². The molecule has 1 aliphatic rings. The number of nitrogens with zero attached hydrogens (tertiary/aromatic N) is 2. The molecule has 2 aromatic heterocycles. The fourth-order valence-electron chi connectivity index (χ4n) is 4.16. The minimum Gasteiger partial charge on any atom is -0.372 e. The summed E-state index contributed by atoms with van der Waals surface area (Å²) in [5.74, 6) is 0.713. The second-order valence-corrected chi connectivity index (χ2v) is 10.8. The van der Waals surface area contributed by atoms with Crippen LogP contribution in [0, 0.1) is 18.7 Å². The maximum absolute atomic E-state index is 14.0. The number of halogens is 1. The van der Waals surface area contributed by atoms with Gasteiger partial charge in [-0.2, -0.15) is 0 Å². The van der Waals surface area contributed by atoms with Crippen molar-refractivity contribution in [2.24, 2.45) is 5.92 Å². The zero-order valence-electron chi connectivity index (χ0n) is 18.8. The molecule has 1 aliphatic heterocycles. The molecule has 4 nitrogen and oxygen atoms in total. The minimum atomic E-state index is -0.258. The molecule has 0 saturated carbocycles. The Bertz CT molecular complexity index is 1380. The quantitative estimate of drug-likeness (QED) is 0.249. The van der Waals surface area contributed by atoms with Crippen molar-refractivity contribution in [2.45, 2.75) is 50.8 Å². The number of thioether (sulfide) groups is 1. The van der Waals surface area contributed by atoms with Crippen LogP contribution in [0.5, 0.6) is 0 Å². The van der Waals surface area contributed by atoms with E-state index in [-0.39, 0.29) is 17.5 Å². The van der Waals surface area contributed by atoms with E-state index in [1.165, 1.54) is 23.9 Å². The van der Waals surface area contributed by atoms with Crippen LogP contribution in [-0.2, 0) is 23.5 Å². The van der Waals surface area contributed by atoms with Crippen LogP contribution >= 0.6 is 23.1 Å². The second-order valence-electron chi connectivity index (χ2n) is 8.77. The number of hydrogen-bond acceptors (Lipinski definition) is 5. The zero-order valence-corrected chi connectivity index (χ0v) is 20.4. The maximum atomic E-state index is 14.0. The number of rotatable bonds is 5. The molecule has 1 unspecified atom stereocenters. The summed E-state index contributed by atoms with van der Waals surface area (Å²) in [7, 11) is 0. The molecular formula is C26H25FN2O2S2. The number of aryl methyl sites for hydroxylation is 1. The van der Waals surface area contributed by atoms with Crippen molar-refractivity contribution in [3.05, 3.63) is 86.3 Å². The van der Waals surface area contributed by atoms with Gasteiger partial charge >= 0.3 is 0 Å². The number of hydrogen-bond donors (Lipinski definition) is 0. The predicted octanol–water partition coefficient (Wildman–Crippen LogP) is 6.28. The van der Waals surface area contributed by atoms with E-state index < -0.39 is 0 Å². The molecule has 0 amide bonds. The lowest BCUT2D eigenvalue weighted by atomic mass is 9.96. The summed E-state index contributed by atoms with van der Waals surface area (Å²) in [6.07, 6.45) is 0.842. The standard InChI is InChI=1S/C26H25FN2O2S2/c1-15(2)21-12-20-22(13-31-21)33-24-23(20)25(30)29(19-6-4-5-16(3)11-19)26(28-24)32-14-17-7-9-18(27)10-8-17/h4-11,15,21H,12-14H2,1-3H3. The normalized spacial score (nSPS) is 15.8. The van der Waals surface area contributed by atoms with Crippen molar-refractivity contribution in [3.8, 4) is 5.69 Å². The lowest BCUT2D eigenvalue weighted by molar-refractivity contribution is 0.00200. The van der Waals surface area contributed by atoms with Gasteiger partial charge < -0.3 is 4.74 Å². The molecule has 3 heterocycles. The molecule has 170 valence electrons. The Labute approximate surface area is 200 Å². The molecule has 7 heteroatoms. The maximum Gasteiger partial charge on any atom is 0.267 e. The molecule has 0 bridgehead atoms. The number of ether oxygens (including phenoxy) is 1. The number of thiophene rings is 1. The molecule has 2 aromatic carbocycles. The Morgan fingerprint density at radius 3 is 2.76 bits per heavy atom. The lowest BCUT2D eigenvalue weighted by Crippen LogP contribution is -2.28. The smallest absolute Gasteiger partial charge is 0.267 e. The van der Waals surface area contributed by atoms with Crippen molar-refractivity contribution in [2.75, 3.05) is 0 Å². The molecule has 0 aliphatic carbocycles. The number of aromatic nitrogens is 2. The third-order valence-electron chi connectivity index (χ3n) is 6.00. The zero-order chi connectivity index (χ0) is 23.1. The van der Waals surface area contributed by atoms with Gasteiger partial charge in [0.05, 0.1) is 23.8 Å². The topological polar surface area (TPSA) is 44.1 Å². The first-order valence-electron chi connectivity index (χ1n) is 11.0. The van der Waals surface area contributed by atoms with E-state index in [1.807, 2.05) is 31.2 Å². The van der Waals surface area contributed by atoms with E-state index in [9.17, 15) is 9.18 Å².